The molecule has 1 aromatic rings. The van der Waals surface area contributed by atoms with Crippen molar-refractivity contribution in [2.45, 2.75) is 65.3 Å². The Morgan fingerprint density at radius 2 is 1.38 bits per heavy atom. The zero-order valence-electron chi connectivity index (χ0n) is 16.6. The highest BCUT2D eigenvalue weighted by atomic mass is 28.4. The minimum Gasteiger partial charge on any atom is -0.542 e. The van der Waals surface area contributed by atoms with Gasteiger partial charge >= 0.3 is 0 Å². The fourth-order valence-electron chi connectivity index (χ4n) is 2.07. The summed E-state index contributed by atoms with van der Waals surface area (Å²) in [6, 6.07) is 5.78. The third-order valence-electron chi connectivity index (χ3n) is 2.64. The molecule has 0 N–H and O–H groups in total. The van der Waals surface area contributed by atoms with Gasteiger partial charge < -0.3 is 13.3 Å². The maximum atomic E-state index is 12.3. The number of carbonyl (C=O) groups is 1. The molecule has 4 nitrogen and oxygen atoms in total. The van der Waals surface area contributed by atoms with Crippen LogP contribution in [0.3, 0.4) is 0 Å². The zero-order valence-corrected chi connectivity index (χ0v) is 19.6. The van der Waals surface area contributed by atoms with E-state index in [9.17, 15) is 4.79 Å². The predicted molar refractivity (Wildman–Crippen MR) is 108 cm³/mol. The van der Waals surface area contributed by atoms with Gasteiger partial charge in [-0.05, 0) is 65.0 Å². The molecule has 136 valence electrons. The molecule has 0 heterocycles. The molecule has 0 spiro atoms. The van der Waals surface area contributed by atoms with E-state index < -0.39 is 25.0 Å². The van der Waals surface area contributed by atoms with Gasteiger partial charge in [-0.1, -0.05) is 12.1 Å². The van der Waals surface area contributed by atoms with E-state index in [1.54, 1.807) is 0 Å². The number of hydrogen-bond acceptors (Lipinski definition) is 4. The highest BCUT2D eigenvalue weighted by Crippen LogP contribution is 2.35. The molecule has 24 heavy (non-hydrogen) atoms. The van der Waals surface area contributed by atoms with Gasteiger partial charge in [-0.2, -0.15) is 0 Å². The van der Waals surface area contributed by atoms with Crippen molar-refractivity contribution in [3.63, 3.8) is 0 Å². The first-order valence-electron chi connectivity index (χ1n) is 8.38. The Hall–Kier alpha value is -1.06. The Morgan fingerprint density at radius 3 is 1.83 bits per heavy atom. The van der Waals surface area contributed by atoms with Gasteiger partial charge in [0.05, 0.1) is 6.42 Å². The lowest BCUT2D eigenvalue weighted by Crippen LogP contribution is -2.33. The van der Waals surface area contributed by atoms with Gasteiger partial charge in [0, 0.05) is 5.56 Å². The molecule has 0 radical (unpaired) electrons. The molecule has 0 amide bonds. The highest BCUT2D eigenvalue weighted by molar-refractivity contribution is 6.71. The van der Waals surface area contributed by atoms with Crippen molar-refractivity contribution in [2.75, 3.05) is 0 Å². The van der Waals surface area contributed by atoms with Crippen molar-refractivity contribution in [3.05, 3.63) is 23.8 Å². The lowest BCUT2D eigenvalue weighted by atomic mass is 10.1. The molecule has 0 saturated heterocycles. The van der Waals surface area contributed by atoms with Gasteiger partial charge in [0.1, 0.15) is 11.5 Å². The first-order chi connectivity index (χ1) is 10.7. The molecule has 0 unspecified atom stereocenters. The second kappa shape index (κ2) is 7.45. The van der Waals surface area contributed by atoms with Crippen LogP contribution in [-0.2, 0) is 15.6 Å². The van der Waals surface area contributed by atoms with E-state index in [-0.39, 0.29) is 12.4 Å². The molecule has 0 aliphatic heterocycles. The molecule has 0 aliphatic carbocycles. The summed E-state index contributed by atoms with van der Waals surface area (Å²) in [7, 11) is -5.52. The van der Waals surface area contributed by atoms with Crippen LogP contribution in [0.2, 0.25) is 58.9 Å². The molecule has 1 aromatic carbocycles. The molecular weight excluding hydrogens is 352 g/mol. The summed E-state index contributed by atoms with van der Waals surface area (Å²) in [5.74, 6) is 1.27. The van der Waals surface area contributed by atoms with Crippen LogP contribution in [0.1, 0.15) is 5.56 Å². The second-order valence-electron chi connectivity index (χ2n) is 8.94. The van der Waals surface area contributed by atoms with E-state index in [0.717, 1.165) is 11.3 Å². The van der Waals surface area contributed by atoms with Gasteiger partial charge in [-0.3, -0.25) is 4.79 Å². The maximum absolute atomic E-state index is 12.3. The first-order valence-corrected chi connectivity index (χ1v) is 18.6. The van der Waals surface area contributed by atoms with Crippen LogP contribution in [0.4, 0.5) is 0 Å². The minimum absolute atomic E-state index is 0.195. The van der Waals surface area contributed by atoms with E-state index in [2.05, 4.69) is 39.3 Å². The molecule has 0 aromatic heterocycles. The maximum Gasteiger partial charge on any atom is 0.297 e. The Morgan fingerprint density at radius 1 is 0.833 bits per heavy atom. The largest absolute Gasteiger partial charge is 0.542 e. The molecule has 0 aliphatic rings. The quantitative estimate of drug-likeness (QED) is 0.618. The van der Waals surface area contributed by atoms with E-state index in [1.165, 1.54) is 0 Å². The Bertz CT molecular complexity index is 581. The summed E-state index contributed by atoms with van der Waals surface area (Å²) in [6.45, 7) is 18.8. The lowest BCUT2D eigenvalue weighted by Gasteiger charge is -2.27. The predicted octanol–water partition coefficient (Wildman–Crippen LogP) is 5.03. The van der Waals surface area contributed by atoms with Crippen LogP contribution < -0.4 is 8.85 Å². The summed E-state index contributed by atoms with van der Waals surface area (Å²) in [5, 5.41) is 0. The third-order valence-corrected chi connectivity index (χ3v) is 5.13. The molecular formula is C17H32O4Si3. The number of benzene rings is 1. The Balaban J connectivity index is 3.18. The van der Waals surface area contributed by atoms with Crippen LogP contribution in [0, 0.1) is 0 Å². The van der Waals surface area contributed by atoms with Crippen LogP contribution in [0.25, 0.3) is 0 Å². The average Bonchev–Trinajstić information content (AvgIpc) is 2.27. The van der Waals surface area contributed by atoms with Crippen molar-refractivity contribution in [2.24, 2.45) is 0 Å². The first kappa shape index (κ1) is 21.0. The summed E-state index contributed by atoms with van der Waals surface area (Å²) < 4.78 is 18.1. The Kier molecular flexibility index (Phi) is 6.51. The number of rotatable bonds is 7. The summed E-state index contributed by atoms with van der Waals surface area (Å²) >= 11 is 0. The number of hydrogen-bond donors (Lipinski definition) is 0. The molecule has 0 atom stereocenters. The van der Waals surface area contributed by atoms with Gasteiger partial charge in [-0.15, -0.1) is 0 Å². The standard InChI is InChI=1S/C17H32O4Si3/c1-22(2,3)19-15-12-10-11-14(17(15)21-24(7,8)9)13-16(18)20-23(4,5)6/h10-12H,13H2,1-9H3. The van der Waals surface area contributed by atoms with Gasteiger partial charge in [0.25, 0.3) is 5.97 Å². The topological polar surface area (TPSA) is 44.8 Å². The highest BCUT2D eigenvalue weighted by Gasteiger charge is 2.27. The van der Waals surface area contributed by atoms with Crippen molar-refractivity contribution in [1.82, 2.24) is 0 Å². The third kappa shape index (κ3) is 8.16. The molecule has 1 rings (SSSR count). The summed E-state index contributed by atoms with van der Waals surface area (Å²) in [4.78, 5) is 12.3. The number of carbonyl (C=O) groups excluding carboxylic acids is 1. The van der Waals surface area contributed by atoms with Crippen LogP contribution in [-0.4, -0.2) is 30.9 Å². The summed E-state index contributed by atoms with van der Waals surface area (Å²) in [5.41, 5.74) is 0.844. The second-order valence-corrected chi connectivity index (χ2v) is 22.2. The molecule has 7 heteroatoms. The van der Waals surface area contributed by atoms with E-state index in [0.29, 0.717) is 5.75 Å². The van der Waals surface area contributed by atoms with Crippen LogP contribution in [0.15, 0.2) is 18.2 Å². The van der Waals surface area contributed by atoms with Crippen molar-refractivity contribution in [1.29, 1.82) is 0 Å². The normalized spacial score (nSPS) is 12.7. The number of para-hydroxylation sites is 1. The monoisotopic (exact) mass is 384 g/mol. The van der Waals surface area contributed by atoms with Crippen molar-refractivity contribution in [3.8, 4) is 11.5 Å². The van der Waals surface area contributed by atoms with Gasteiger partial charge in [-0.25, -0.2) is 0 Å². The van der Waals surface area contributed by atoms with Crippen LogP contribution >= 0.6 is 0 Å². The van der Waals surface area contributed by atoms with E-state index in [1.807, 2.05) is 37.8 Å². The van der Waals surface area contributed by atoms with E-state index >= 15 is 0 Å². The fourth-order valence-corrected chi connectivity index (χ4v) is 4.49. The van der Waals surface area contributed by atoms with Crippen molar-refractivity contribution >= 4 is 30.9 Å². The van der Waals surface area contributed by atoms with E-state index in [4.69, 9.17) is 13.3 Å². The SMILES string of the molecule is C[Si](C)(C)OC(=O)Cc1cccc(O[Si](C)(C)C)c1O[Si](C)(C)C. The zero-order chi connectivity index (χ0) is 18.8. The smallest absolute Gasteiger partial charge is 0.297 e. The van der Waals surface area contributed by atoms with Gasteiger partial charge in [0.2, 0.25) is 25.0 Å². The molecule has 0 fully saturated rings. The molecule has 0 saturated carbocycles. The minimum atomic E-state index is -1.90. The van der Waals surface area contributed by atoms with Crippen molar-refractivity contribution < 1.29 is 18.1 Å². The fraction of sp³-hybridized carbons (Fsp3) is 0.588. The molecule has 0 bridgehead atoms. The average molecular weight is 385 g/mol. The summed E-state index contributed by atoms with van der Waals surface area (Å²) in [6.07, 6.45) is 0.215. The Labute approximate surface area is 149 Å². The van der Waals surface area contributed by atoms with Gasteiger partial charge in [0.15, 0.2) is 0 Å². The lowest BCUT2D eigenvalue weighted by molar-refractivity contribution is -0.134. The van der Waals surface area contributed by atoms with Crippen LogP contribution in [0.5, 0.6) is 11.5 Å².